The summed E-state index contributed by atoms with van der Waals surface area (Å²) in [6, 6.07) is 6.69. The zero-order valence-electron chi connectivity index (χ0n) is 11.1. The monoisotopic (exact) mass is 285 g/mol. The minimum atomic E-state index is -1.13. The molecular weight excluding hydrogens is 274 g/mol. The zero-order chi connectivity index (χ0) is 15.2. The van der Waals surface area contributed by atoms with Gasteiger partial charge in [-0.25, -0.2) is 14.8 Å². The highest BCUT2D eigenvalue weighted by molar-refractivity contribution is 5.88. The molecule has 1 heterocycles. The molecule has 2 aromatic rings. The Kier molecular flexibility index (Phi) is 4.31. The molecule has 1 aromatic carbocycles. The van der Waals surface area contributed by atoms with Crippen molar-refractivity contribution in [2.24, 2.45) is 0 Å². The number of aromatic carboxylic acids is 1. The molecule has 1 aromatic heterocycles. The summed E-state index contributed by atoms with van der Waals surface area (Å²) in [7, 11) is 1.48. The summed E-state index contributed by atoms with van der Waals surface area (Å²) >= 11 is 0. The van der Waals surface area contributed by atoms with E-state index in [0.29, 0.717) is 17.1 Å². The maximum Gasteiger partial charge on any atom is 0.339 e. The third-order valence-corrected chi connectivity index (χ3v) is 2.65. The smallest absolute Gasteiger partial charge is 0.339 e. The maximum absolute atomic E-state index is 11.0. The van der Waals surface area contributed by atoms with Crippen LogP contribution in [0.15, 0.2) is 30.7 Å². The van der Waals surface area contributed by atoms with Gasteiger partial charge >= 0.3 is 5.97 Å². The SMILES string of the molecule is COc1cc(C#N)cc(OCc2ncncc2C(=O)O)c1. The molecule has 0 aliphatic carbocycles. The van der Waals surface area contributed by atoms with Crippen LogP contribution >= 0.6 is 0 Å². The fourth-order valence-electron chi connectivity index (χ4n) is 1.64. The highest BCUT2D eigenvalue weighted by Gasteiger charge is 2.12. The van der Waals surface area contributed by atoms with Crippen LogP contribution in [0.1, 0.15) is 21.6 Å². The van der Waals surface area contributed by atoms with Gasteiger partial charge in [0.1, 0.15) is 30.0 Å². The number of methoxy groups -OCH3 is 1. The van der Waals surface area contributed by atoms with Gasteiger partial charge in [0.15, 0.2) is 0 Å². The molecule has 0 saturated carbocycles. The second-order valence-electron chi connectivity index (χ2n) is 3.99. The van der Waals surface area contributed by atoms with Crippen LogP contribution in [0.2, 0.25) is 0 Å². The number of hydrogen-bond donors (Lipinski definition) is 1. The van der Waals surface area contributed by atoms with E-state index in [-0.39, 0.29) is 17.9 Å². The van der Waals surface area contributed by atoms with Crippen LogP contribution < -0.4 is 9.47 Å². The Morgan fingerprint density at radius 3 is 2.81 bits per heavy atom. The molecule has 0 aliphatic heterocycles. The van der Waals surface area contributed by atoms with Crippen molar-refractivity contribution in [2.45, 2.75) is 6.61 Å². The maximum atomic E-state index is 11.0. The zero-order valence-corrected chi connectivity index (χ0v) is 11.1. The molecule has 0 atom stereocenters. The number of carboxylic acid groups (broad SMARTS) is 1. The number of carbonyl (C=O) groups is 1. The molecule has 2 rings (SSSR count). The van der Waals surface area contributed by atoms with E-state index >= 15 is 0 Å². The predicted molar refractivity (Wildman–Crippen MR) is 71.0 cm³/mol. The van der Waals surface area contributed by atoms with Gasteiger partial charge in [0.25, 0.3) is 0 Å². The normalized spacial score (nSPS) is 9.71. The Hall–Kier alpha value is -3.14. The number of ether oxygens (including phenoxy) is 2. The van der Waals surface area contributed by atoms with Crippen LogP contribution in [-0.4, -0.2) is 28.2 Å². The number of aromatic nitrogens is 2. The fraction of sp³-hybridized carbons (Fsp3) is 0.143. The van der Waals surface area contributed by atoms with E-state index in [9.17, 15) is 4.79 Å². The Morgan fingerprint density at radius 2 is 2.14 bits per heavy atom. The molecule has 106 valence electrons. The van der Waals surface area contributed by atoms with Crippen LogP contribution in [0.5, 0.6) is 11.5 Å². The minimum Gasteiger partial charge on any atom is -0.497 e. The lowest BCUT2D eigenvalue weighted by Gasteiger charge is -2.09. The molecule has 0 aliphatic rings. The molecule has 21 heavy (non-hydrogen) atoms. The summed E-state index contributed by atoms with van der Waals surface area (Å²) in [5.41, 5.74) is 0.602. The van der Waals surface area contributed by atoms with Crippen molar-refractivity contribution in [3.8, 4) is 17.6 Å². The first-order valence-corrected chi connectivity index (χ1v) is 5.88. The summed E-state index contributed by atoms with van der Waals surface area (Å²) in [6.07, 6.45) is 2.46. The number of hydrogen-bond acceptors (Lipinski definition) is 6. The van der Waals surface area contributed by atoms with Gasteiger partial charge in [-0.05, 0) is 12.1 Å². The third-order valence-electron chi connectivity index (χ3n) is 2.65. The summed E-state index contributed by atoms with van der Waals surface area (Å²) < 4.78 is 10.5. The van der Waals surface area contributed by atoms with Crippen LogP contribution in [0.3, 0.4) is 0 Å². The van der Waals surface area contributed by atoms with Gasteiger partial charge in [0.05, 0.1) is 24.4 Å². The van der Waals surface area contributed by atoms with Gasteiger partial charge < -0.3 is 14.6 Å². The van der Waals surface area contributed by atoms with E-state index < -0.39 is 5.97 Å². The second-order valence-corrected chi connectivity index (χ2v) is 3.99. The summed E-state index contributed by atoms with van der Waals surface area (Å²) in [5.74, 6) is -0.261. The van der Waals surface area contributed by atoms with Crippen molar-refractivity contribution in [3.63, 3.8) is 0 Å². The topological polar surface area (TPSA) is 105 Å². The largest absolute Gasteiger partial charge is 0.497 e. The van der Waals surface area contributed by atoms with Gasteiger partial charge in [0.2, 0.25) is 0 Å². The van der Waals surface area contributed by atoms with Crippen LogP contribution in [0, 0.1) is 11.3 Å². The Morgan fingerprint density at radius 1 is 1.38 bits per heavy atom. The second kappa shape index (κ2) is 6.34. The Balaban J connectivity index is 2.21. The predicted octanol–water partition coefficient (Wildman–Crippen LogP) is 1.63. The van der Waals surface area contributed by atoms with Crippen molar-refractivity contribution < 1.29 is 19.4 Å². The standard InChI is InChI=1S/C14H11N3O4/c1-20-10-2-9(5-15)3-11(4-10)21-7-13-12(14(18)19)6-16-8-17-13/h2-4,6,8H,7H2,1H3,(H,18,19). The van der Waals surface area contributed by atoms with Gasteiger partial charge in [-0.2, -0.15) is 5.26 Å². The van der Waals surface area contributed by atoms with E-state index in [1.54, 1.807) is 12.1 Å². The molecule has 0 spiro atoms. The average molecular weight is 285 g/mol. The molecule has 7 nitrogen and oxygen atoms in total. The van der Waals surface area contributed by atoms with E-state index in [4.69, 9.17) is 19.8 Å². The first-order chi connectivity index (χ1) is 10.1. The number of carboxylic acids is 1. The third kappa shape index (κ3) is 3.45. The molecule has 0 fully saturated rings. The van der Waals surface area contributed by atoms with Gasteiger partial charge in [-0.15, -0.1) is 0 Å². The highest BCUT2D eigenvalue weighted by Crippen LogP contribution is 2.23. The van der Waals surface area contributed by atoms with E-state index in [1.807, 2.05) is 6.07 Å². The van der Waals surface area contributed by atoms with Crippen molar-refractivity contribution in [2.75, 3.05) is 7.11 Å². The average Bonchev–Trinajstić information content (AvgIpc) is 2.52. The lowest BCUT2D eigenvalue weighted by molar-refractivity contribution is 0.0692. The number of nitrogens with zero attached hydrogens (tertiary/aromatic N) is 3. The molecule has 7 heteroatoms. The molecule has 0 saturated heterocycles. The molecule has 0 amide bonds. The Bertz CT molecular complexity index is 710. The quantitative estimate of drug-likeness (QED) is 0.889. The van der Waals surface area contributed by atoms with Crippen molar-refractivity contribution in [1.29, 1.82) is 5.26 Å². The Labute approximate surface area is 120 Å². The molecular formula is C14H11N3O4. The van der Waals surface area contributed by atoms with Gasteiger partial charge in [-0.3, -0.25) is 0 Å². The molecule has 1 N–H and O–H groups in total. The molecule has 0 unspecified atom stereocenters. The first kappa shape index (κ1) is 14.3. The van der Waals surface area contributed by atoms with Crippen LogP contribution in [0.4, 0.5) is 0 Å². The number of benzene rings is 1. The van der Waals surface area contributed by atoms with Gasteiger partial charge in [-0.1, -0.05) is 0 Å². The van der Waals surface area contributed by atoms with Crippen LogP contribution in [0.25, 0.3) is 0 Å². The minimum absolute atomic E-state index is 0.0269. The summed E-state index contributed by atoms with van der Waals surface area (Å²) in [6.45, 7) is -0.0534. The number of nitriles is 1. The van der Waals surface area contributed by atoms with Gasteiger partial charge in [0, 0.05) is 12.3 Å². The highest BCUT2D eigenvalue weighted by atomic mass is 16.5. The first-order valence-electron chi connectivity index (χ1n) is 5.88. The van der Waals surface area contributed by atoms with Crippen molar-refractivity contribution in [1.82, 2.24) is 9.97 Å². The van der Waals surface area contributed by atoms with Crippen molar-refractivity contribution >= 4 is 5.97 Å². The van der Waals surface area contributed by atoms with E-state index in [0.717, 1.165) is 0 Å². The number of rotatable bonds is 5. The van der Waals surface area contributed by atoms with Crippen LogP contribution in [-0.2, 0) is 6.61 Å². The fourth-order valence-corrected chi connectivity index (χ4v) is 1.64. The lowest BCUT2D eigenvalue weighted by atomic mass is 10.2. The van der Waals surface area contributed by atoms with E-state index in [2.05, 4.69) is 9.97 Å². The van der Waals surface area contributed by atoms with Crippen molar-refractivity contribution in [3.05, 3.63) is 47.5 Å². The lowest BCUT2D eigenvalue weighted by Crippen LogP contribution is -2.08. The summed E-state index contributed by atoms with van der Waals surface area (Å²) in [5, 5.41) is 18.0. The molecule has 0 radical (unpaired) electrons. The molecule has 0 bridgehead atoms. The van der Waals surface area contributed by atoms with E-state index in [1.165, 1.54) is 25.7 Å². The summed E-state index contributed by atoms with van der Waals surface area (Å²) in [4.78, 5) is 18.6.